The van der Waals surface area contributed by atoms with Crippen LogP contribution in [0.1, 0.15) is 53.4 Å². The summed E-state index contributed by atoms with van der Waals surface area (Å²) in [7, 11) is 0. The topological polar surface area (TPSA) is 75.4 Å². The van der Waals surface area contributed by atoms with Crippen molar-refractivity contribution in [1.29, 1.82) is 0 Å². The Labute approximate surface area is 115 Å². The average Bonchev–Trinajstić information content (AvgIpc) is 2.30. The molecule has 5 heteroatoms. The third-order valence-electron chi connectivity index (χ3n) is 3.75. The van der Waals surface area contributed by atoms with E-state index in [1.807, 2.05) is 18.7 Å². The van der Waals surface area contributed by atoms with Crippen LogP contribution in [0.3, 0.4) is 0 Å². The predicted molar refractivity (Wildman–Crippen MR) is 75.5 cm³/mol. The van der Waals surface area contributed by atoms with Gasteiger partial charge in [-0.3, -0.25) is 9.59 Å². The molecule has 1 aliphatic rings. The van der Waals surface area contributed by atoms with Crippen molar-refractivity contribution in [1.82, 2.24) is 10.2 Å². The van der Waals surface area contributed by atoms with Crippen LogP contribution in [0, 0.1) is 0 Å². The molecule has 0 aromatic carbocycles. The van der Waals surface area contributed by atoms with E-state index in [9.17, 15) is 9.59 Å². The Morgan fingerprint density at radius 2 is 1.79 bits per heavy atom. The smallest absolute Gasteiger partial charge is 0.236 e. The number of nitrogens with zero attached hydrogens (tertiary/aromatic N) is 1. The molecule has 3 N–H and O–H groups in total. The van der Waals surface area contributed by atoms with Crippen LogP contribution in [-0.4, -0.2) is 40.9 Å². The zero-order valence-electron chi connectivity index (χ0n) is 12.5. The van der Waals surface area contributed by atoms with Gasteiger partial charge in [-0.05, 0) is 33.6 Å². The first kappa shape index (κ1) is 16.0. The maximum Gasteiger partial charge on any atom is 0.236 e. The summed E-state index contributed by atoms with van der Waals surface area (Å²) in [5.74, 6) is -0.0638. The minimum atomic E-state index is -0.507. The molecule has 0 aromatic heterocycles. The summed E-state index contributed by atoms with van der Waals surface area (Å²) in [5.41, 5.74) is 5.60. The van der Waals surface area contributed by atoms with E-state index in [1.54, 1.807) is 13.8 Å². The summed E-state index contributed by atoms with van der Waals surface area (Å²) < 4.78 is 0. The molecular formula is C14H27N3O2. The summed E-state index contributed by atoms with van der Waals surface area (Å²) in [5, 5.41) is 3.00. The normalized spacial score (nSPS) is 24.9. The zero-order chi connectivity index (χ0) is 14.6. The average molecular weight is 269 g/mol. The summed E-state index contributed by atoms with van der Waals surface area (Å²) in [6.07, 6.45) is 4.05. The fraction of sp³-hybridized carbons (Fsp3) is 0.857. The molecule has 0 aliphatic heterocycles. The number of carbonyl (C=O) groups excluding carboxylic acids is 2. The van der Waals surface area contributed by atoms with Gasteiger partial charge in [0.1, 0.15) is 0 Å². The minimum Gasteiger partial charge on any atom is -0.350 e. The number of carbonyl (C=O) groups is 2. The van der Waals surface area contributed by atoms with E-state index < -0.39 is 6.04 Å². The fourth-order valence-corrected chi connectivity index (χ4v) is 2.91. The highest BCUT2D eigenvalue weighted by molar-refractivity contribution is 5.81. The number of hydrogen-bond donors (Lipinski definition) is 2. The molecule has 0 heterocycles. The Balaban J connectivity index is 2.81. The third kappa shape index (κ3) is 4.20. The number of hydrogen-bond acceptors (Lipinski definition) is 3. The van der Waals surface area contributed by atoms with Crippen molar-refractivity contribution < 1.29 is 9.59 Å². The molecule has 0 aromatic rings. The Morgan fingerprint density at radius 1 is 1.21 bits per heavy atom. The van der Waals surface area contributed by atoms with Crippen LogP contribution >= 0.6 is 0 Å². The van der Waals surface area contributed by atoms with Gasteiger partial charge in [0.25, 0.3) is 0 Å². The van der Waals surface area contributed by atoms with E-state index in [4.69, 9.17) is 5.73 Å². The van der Waals surface area contributed by atoms with Crippen LogP contribution in [0.2, 0.25) is 0 Å². The van der Waals surface area contributed by atoms with E-state index in [-0.39, 0.29) is 29.9 Å². The second kappa shape index (κ2) is 6.89. The zero-order valence-corrected chi connectivity index (χ0v) is 12.5. The second-order valence-corrected chi connectivity index (χ2v) is 5.78. The third-order valence-corrected chi connectivity index (χ3v) is 3.75. The lowest BCUT2D eigenvalue weighted by Gasteiger charge is -2.42. The van der Waals surface area contributed by atoms with Gasteiger partial charge in [-0.15, -0.1) is 0 Å². The predicted octanol–water partition coefficient (Wildman–Crippen LogP) is 1.02. The highest BCUT2D eigenvalue weighted by atomic mass is 16.2. The maximum absolute atomic E-state index is 11.8. The maximum atomic E-state index is 11.8. The van der Waals surface area contributed by atoms with Crippen molar-refractivity contribution in [2.75, 3.05) is 0 Å². The SMILES string of the molecule is CC(=O)N(C(C)C)C1CCCCC1NC(=O)[C@H](C)N. The van der Waals surface area contributed by atoms with E-state index in [0.29, 0.717) is 0 Å². The van der Waals surface area contributed by atoms with Crippen molar-refractivity contribution in [2.24, 2.45) is 5.73 Å². The van der Waals surface area contributed by atoms with Gasteiger partial charge >= 0.3 is 0 Å². The van der Waals surface area contributed by atoms with Crippen molar-refractivity contribution >= 4 is 11.8 Å². The molecule has 3 atom stereocenters. The van der Waals surface area contributed by atoms with Crippen molar-refractivity contribution in [3.63, 3.8) is 0 Å². The van der Waals surface area contributed by atoms with E-state index in [2.05, 4.69) is 5.32 Å². The van der Waals surface area contributed by atoms with Crippen LogP contribution in [0.25, 0.3) is 0 Å². The van der Waals surface area contributed by atoms with Gasteiger partial charge in [-0.2, -0.15) is 0 Å². The largest absolute Gasteiger partial charge is 0.350 e. The van der Waals surface area contributed by atoms with E-state index in [1.165, 1.54) is 0 Å². The Kier molecular flexibility index (Phi) is 5.79. The molecule has 0 bridgehead atoms. The van der Waals surface area contributed by atoms with Crippen molar-refractivity contribution in [3.05, 3.63) is 0 Å². The molecule has 19 heavy (non-hydrogen) atoms. The molecule has 1 rings (SSSR count). The van der Waals surface area contributed by atoms with Crippen LogP contribution in [0.5, 0.6) is 0 Å². The minimum absolute atomic E-state index is 0.0264. The number of amides is 2. The van der Waals surface area contributed by atoms with Gasteiger partial charge in [-0.1, -0.05) is 12.8 Å². The molecule has 1 aliphatic carbocycles. The highest BCUT2D eigenvalue weighted by Gasteiger charge is 2.34. The van der Waals surface area contributed by atoms with Crippen LogP contribution < -0.4 is 11.1 Å². The Bertz CT molecular complexity index is 329. The second-order valence-electron chi connectivity index (χ2n) is 5.78. The molecule has 110 valence electrons. The number of nitrogens with two attached hydrogens (primary N) is 1. The first-order chi connectivity index (χ1) is 8.84. The number of rotatable bonds is 4. The van der Waals surface area contributed by atoms with Gasteiger partial charge in [0.15, 0.2) is 0 Å². The Hall–Kier alpha value is -1.10. The van der Waals surface area contributed by atoms with Crippen molar-refractivity contribution in [2.45, 2.75) is 77.5 Å². The molecule has 0 spiro atoms. The lowest BCUT2D eigenvalue weighted by molar-refractivity contribution is -0.136. The van der Waals surface area contributed by atoms with Gasteiger partial charge in [0.05, 0.1) is 12.1 Å². The highest BCUT2D eigenvalue weighted by Crippen LogP contribution is 2.25. The van der Waals surface area contributed by atoms with E-state index in [0.717, 1.165) is 25.7 Å². The lowest BCUT2D eigenvalue weighted by Crippen LogP contribution is -2.58. The molecule has 2 amide bonds. The van der Waals surface area contributed by atoms with E-state index >= 15 is 0 Å². The van der Waals surface area contributed by atoms with Gasteiger partial charge in [0, 0.05) is 19.0 Å². The molecule has 0 saturated heterocycles. The van der Waals surface area contributed by atoms with Gasteiger partial charge < -0.3 is 16.0 Å². The summed E-state index contributed by atoms with van der Waals surface area (Å²) in [6.45, 7) is 7.30. The van der Waals surface area contributed by atoms with Crippen LogP contribution in [-0.2, 0) is 9.59 Å². The fourth-order valence-electron chi connectivity index (χ4n) is 2.91. The Morgan fingerprint density at radius 3 is 2.26 bits per heavy atom. The van der Waals surface area contributed by atoms with Gasteiger partial charge in [0.2, 0.25) is 11.8 Å². The standard InChI is InChI=1S/C14H27N3O2/c1-9(2)17(11(4)18)13-8-6-5-7-12(13)16-14(19)10(3)15/h9-10,12-13H,5-8,15H2,1-4H3,(H,16,19)/t10-,12?,13?/m0/s1. The molecule has 1 fully saturated rings. The van der Waals surface area contributed by atoms with Crippen molar-refractivity contribution in [3.8, 4) is 0 Å². The molecule has 2 unspecified atom stereocenters. The van der Waals surface area contributed by atoms with Crippen LogP contribution in [0.4, 0.5) is 0 Å². The van der Waals surface area contributed by atoms with Gasteiger partial charge in [-0.25, -0.2) is 0 Å². The summed E-state index contributed by atoms with van der Waals surface area (Å²) in [6, 6.07) is -0.241. The lowest BCUT2D eigenvalue weighted by atomic mass is 9.88. The molecule has 5 nitrogen and oxygen atoms in total. The number of nitrogens with one attached hydrogen (secondary N) is 1. The summed E-state index contributed by atoms with van der Waals surface area (Å²) in [4.78, 5) is 25.5. The first-order valence-corrected chi connectivity index (χ1v) is 7.19. The molecule has 1 saturated carbocycles. The van der Waals surface area contributed by atoms with Crippen LogP contribution in [0.15, 0.2) is 0 Å². The molecule has 0 radical (unpaired) electrons. The first-order valence-electron chi connectivity index (χ1n) is 7.19. The summed E-state index contributed by atoms with van der Waals surface area (Å²) >= 11 is 0. The quantitative estimate of drug-likeness (QED) is 0.800. The monoisotopic (exact) mass is 269 g/mol. The molecular weight excluding hydrogens is 242 g/mol.